The molecule has 0 aliphatic heterocycles. The van der Waals surface area contributed by atoms with E-state index in [0.717, 1.165) is 29.1 Å². The number of hydrogen-bond acceptors (Lipinski definition) is 10. The fourth-order valence-electron chi connectivity index (χ4n) is 4.23. The molecule has 4 rings (SSSR count). The van der Waals surface area contributed by atoms with Crippen LogP contribution < -0.4 is 14.9 Å². The number of carbonyl (C=O) groups is 1. The van der Waals surface area contributed by atoms with Gasteiger partial charge in [-0.1, -0.05) is 19.1 Å². The standard InChI is InChI=1S/C26H35FN6O4S.C2HF3O2/c1-17-12-20(17)16-33(10-11-36-4)23-14-19(13-22(29-23)32(3)38(5,34)35)24-30-31-25(37-24)26(2,28)15-18-6-8-21(27)9-7-18;3-2(4,5)1(6)7/h6-9,13-14,17,20H,10-12,15-16,28H2,1-5H3;(H,6,7)/t17-,20+,26-;/m1./s1. The summed E-state index contributed by atoms with van der Waals surface area (Å²) in [4.78, 5) is 15.7. The highest BCUT2D eigenvalue weighted by atomic mass is 32.2. The van der Waals surface area contributed by atoms with E-state index in [1.807, 2.05) is 6.07 Å². The molecule has 1 aliphatic rings. The third-order valence-electron chi connectivity index (χ3n) is 7.13. The number of alkyl halides is 3. The first-order valence-corrected chi connectivity index (χ1v) is 15.5. The Morgan fingerprint density at radius 1 is 1.18 bits per heavy atom. The predicted octanol–water partition coefficient (Wildman–Crippen LogP) is 3.83. The van der Waals surface area contributed by atoms with E-state index in [-0.39, 0.29) is 23.4 Å². The number of sulfonamides is 1. The minimum Gasteiger partial charge on any atom is -0.475 e. The quantitative estimate of drug-likeness (QED) is 0.271. The highest BCUT2D eigenvalue weighted by Gasteiger charge is 2.38. The van der Waals surface area contributed by atoms with E-state index < -0.39 is 27.7 Å². The van der Waals surface area contributed by atoms with E-state index in [0.29, 0.717) is 42.8 Å². The van der Waals surface area contributed by atoms with Crippen LogP contribution in [-0.2, 0) is 31.5 Å². The third kappa shape index (κ3) is 10.1. The number of rotatable bonds is 12. The number of hydrogen-bond donors (Lipinski definition) is 2. The van der Waals surface area contributed by atoms with E-state index in [1.165, 1.54) is 19.2 Å². The molecule has 0 bridgehead atoms. The summed E-state index contributed by atoms with van der Waals surface area (Å²) in [5.41, 5.74) is 6.85. The summed E-state index contributed by atoms with van der Waals surface area (Å²) in [7, 11) is -0.485. The Hall–Kier alpha value is -3.83. The Bertz CT molecular complexity index is 1570. The largest absolute Gasteiger partial charge is 0.490 e. The van der Waals surface area contributed by atoms with Gasteiger partial charge in [-0.05, 0) is 61.4 Å². The Kier molecular flexibility index (Phi) is 11.2. The van der Waals surface area contributed by atoms with Crippen molar-refractivity contribution in [2.45, 2.75) is 38.4 Å². The Balaban J connectivity index is 0.000000707. The van der Waals surface area contributed by atoms with Crippen LogP contribution in [0, 0.1) is 17.7 Å². The second-order valence-electron chi connectivity index (χ2n) is 11.2. The molecular weight excluding hydrogens is 624 g/mol. The van der Waals surface area contributed by atoms with Crippen molar-refractivity contribution < 1.29 is 45.0 Å². The van der Waals surface area contributed by atoms with Crippen molar-refractivity contribution in [3.63, 3.8) is 0 Å². The molecule has 1 saturated carbocycles. The lowest BCUT2D eigenvalue weighted by atomic mass is 9.94. The van der Waals surface area contributed by atoms with Crippen LogP contribution in [0.3, 0.4) is 0 Å². The number of methoxy groups -OCH3 is 1. The normalized spacial score (nSPS) is 17.6. The summed E-state index contributed by atoms with van der Waals surface area (Å²) in [6.07, 6.45) is -2.48. The predicted molar refractivity (Wildman–Crippen MR) is 157 cm³/mol. The molecule has 1 aliphatic carbocycles. The Morgan fingerprint density at radius 3 is 2.27 bits per heavy atom. The first kappa shape index (κ1) is 35.6. The topological polar surface area (TPSA) is 165 Å². The van der Waals surface area contributed by atoms with E-state index >= 15 is 0 Å². The molecule has 0 spiro atoms. The van der Waals surface area contributed by atoms with Crippen LogP contribution in [0.15, 0.2) is 40.8 Å². The van der Waals surface area contributed by atoms with Crippen LogP contribution in [0.25, 0.3) is 11.5 Å². The maximum atomic E-state index is 13.3. The summed E-state index contributed by atoms with van der Waals surface area (Å²) in [6.45, 7) is 5.83. The van der Waals surface area contributed by atoms with Crippen molar-refractivity contribution in [2.75, 3.05) is 49.3 Å². The second-order valence-corrected chi connectivity index (χ2v) is 13.2. The van der Waals surface area contributed by atoms with Gasteiger partial charge in [0.2, 0.25) is 21.8 Å². The number of carboxylic acid groups (broad SMARTS) is 1. The Labute approximate surface area is 258 Å². The lowest BCUT2D eigenvalue weighted by Gasteiger charge is -2.26. The SMILES string of the molecule is COCCN(C[C@@H]1C[C@H]1C)c1cc(-c2nnc([C@](C)(N)Cc3ccc(F)cc3)o2)cc(N(C)S(C)(=O)=O)n1.O=C(O)C(F)(F)F. The smallest absolute Gasteiger partial charge is 0.475 e. The zero-order chi connectivity index (χ0) is 33.7. The van der Waals surface area contributed by atoms with Crippen molar-refractivity contribution >= 4 is 27.6 Å². The van der Waals surface area contributed by atoms with Crippen molar-refractivity contribution in [1.82, 2.24) is 15.2 Å². The number of nitrogens with zero attached hydrogens (tertiary/aromatic N) is 5. The molecule has 45 heavy (non-hydrogen) atoms. The molecule has 12 nitrogen and oxygen atoms in total. The van der Waals surface area contributed by atoms with Gasteiger partial charge in [-0.25, -0.2) is 22.6 Å². The van der Waals surface area contributed by atoms with Crippen molar-refractivity contribution in [1.29, 1.82) is 0 Å². The second kappa shape index (κ2) is 14.1. The van der Waals surface area contributed by atoms with Gasteiger partial charge in [0.1, 0.15) is 17.5 Å². The molecule has 0 amide bonds. The zero-order valence-electron chi connectivity index (χ0n) is 25.4. The number of benzene rings is 1. The van der Waals surface area contributed by atoms with Gasteiger partial charge in [0.15, 0.2) is 0 Å². The molecule has 1 fully saturated rings. The molecule has 17 heteroatoms. The third-order valence-corrected chi connectivity index (χ3v) is 8.31. The number of aliphatic carboxylic acids is 1. The van der Waals surface area contributed by atoms with Crippen LogP contribution in [0.2, 0.25) is 0 Å². The van der Waals surface area contributed by atoms with Gasteiger partial charge in [-0.2, -0.15) is 13.2 Å². The molecule has 248 valence electrons. The fourth-order valence-corrected chi connectivity index (χ4v) is 4.66. The monoisotopic (exact) mass is 660 g/mol. The number of anilines is 2. The number of halogens is 4. The van der Waals surface area contributed by atoms with E-state index in [4.69, 9.17) is 24.8 Å². The summed E-state index contributed by atoms with van der Waals surface area (Å²) >= 11 is 0. The number of ether oxygens (including phenoxy) is 1. The van der Waals surface area contributed by atoms with Crippen LogP contribution in [0.5, 0.6) is 0 Å². The van der Waals surface area contributed by atoms with E-state index in [9.17, 15) is 26.0 Å². The average Bonchev–Trinajstić information content (AvgIpc) is 3.40. The molecular formula is C28H36F4N6O6S. The van der Waals surface area contributed by atoms with Crippen molar-refractivity contribution in [3.05, 3.63) is 53.7 Å². The van der Waals surface area contributed by atoms with Gasteiger partial charge in [0.05, 0.1) is 18.4 Å². The number of aromatic nitrogens is 3. The highest BCUT2D eigenvalue weighted by molar-refractivity contribution is 7.92. The van der Waals surface area contributed by atoms with Gasteiger partial charge in [0.25, 0.3) is 0 Å². The molecule has 2 heterocycles. The van der Waals surface area contributed by atoms with E-state index in [2.05, 4.69) is 27.0 Å². The molecule has 2 aromatic heterocycles. The molecule has 0 saturated heterocycles. The van der Waals surface area contributed by atoms with Gasteiger partial charge >= 0.3 is 12.1 Å². The van der Waals surface area contributed by atoms with E-state index in [1.54, 1.807) is 32.2 Å². The maximum absolute atomic E-state index is 13.3. The van der Waals surface area contributed by atoms with Crippen LogP contribution >= 0.6 is 0 Å². The van der Waals surface area contributed by atoms with Gasteiger partial charge in [-0.3, -0.25) is 4.31 Å². The molecule has 3 atom stereocenters. The maximum Gasteiger partial charge on any atom is 0.490 e. The highest BCUT2D eigenvalue weighted by Crippen LogP contribution is 2.39. The molecule has 3 N–H and O–H groups in total. The van der Waals surface area contributed by atoms with Crippen molar-refractivity contribution in [2.24, 2.45) is 17.6 Å². The molecule has 0 unspecified atom stereocenters. The van der Waals surface area contributed by atoms with Crippen LogP contribution in [0.4, 0.5) is 29.2 Å². The lowest BCUT2D eigenvalue weighted by Crippen LogP contribution is -2.35. The first-order chi connectivity index (χ1) is 20.8. The Morgan fingerprint density at radius 2 is 1.76 bits per heavy atom. The van der Waals surface area contributed by atoms with Gasteiger partial charge in [0, 0.05) is 32.8 Å². The molecule has 1 aromatic carbocycles. The molecule has 3 aromatic rings. The minimum absolute atomic E-state index is 0.189. The lowest BCUT2D eigenvalue weighted by molar-refractivity contribution is -0.192. The average molecular weight is 661 g/mol. The minimum atomic E-state index is -5.08. The van der Waals surface area contributed by atoms with Crippen LogP contribution in [0.1, 0.15) is 31.7 Å². The summed E-state index contributed by atoms with van der Waals surface area (Å²) < 4.78 is 82.2. The summed E-state index contributed by atoms with van der Waals surface area (Å²) in [5.74, 6) is -0.709. The summed E-state index contributed by atoms with van der Waals surface area (Å²) in [5, 5.41) is 15.5. The van der Waals surface area contributed by atoms with Gasteiger partial charge in [-0.15, -0.1) is 10.2 Å². The number of carboxylic acids is 1. The number of pyridine rings is 1. The van der Waals surface area contributed by atoms with Crippen LogP contribution in [-0.4, -0.2) is 81.0 Å². The van der Waals surface area contributed by atoms with Gasteiger partial charge < -0.3 is 24.9 Å². The molecule has 0 radical (unpaired) electrons. The summed E-state index contributed by atoms with van der Waals surface area (Å²) in [6, 6.07) is 9.49. The van der Waals surface area contributed by atoms with Crippen molar-refractivity contribution in [3.8, 4) is 11.5 Å². The number of nitrogens with two attached hydrogens (primary N) is 1. The fraction of sp³-hybridized carbons (Fsp3) is 0.500. The zero-order valence-corrected chi connectivity index (χ0v) is 26.2. The first-order valence-electron chi connectivity index (χ1n) is 13.7.